The first kappa shape index (κ1) is 11.9. The summed E-state index contributed by atoms with van der Waals surface area (Å²) in [5, 5.41) is 2.41. The molecule has 1 N–H and O–H groups in total. The molecular weight excluding hydrogens is 210 g/mol. The Kier molecular flexibility index (Phi) is 5.04. The zero-order valence-corrected chi connectivity index (χ0v) is 9.76. The van der Waals surface area contributed by atoms with Crippen molar-refractivity contribution in [2.75, 3.05) is 12.8 Å². The maximum atomic E-state index is 11.0. The van der Waals surface area contributed by atoms with Gasteiger partial charge in [0.05, 0.1) is 0 Å². The average Bonchev–Trinajstić information content (AvgIpc) is 2.26. The van der Waals surface area contributed by atoms with Crippen molar-refractivity contribution in [3.05, 3.63) is 29.8 Å². The lowest BCUT2D eigenvalue weighted by molar-refractivity contribution is 0.203. The van der Waals surface area contributed by atoms with E-state index in [4.69, 9.17) is 4.74 Å². The Morgan fingerprint density at radius 2 is 2.33 bits per heavy atom. The predicted molar refractivity (Wildman–Crippen MR) is 63.4 cm³/mol. The van der Waals surface area contributed by atoms with Crippen LogP contribution in [0.15, 0.2) is 24.3 Å². The molecule has 1 aromatic rings. The van der Waals surface area contributed by atoms with Gasteiger partial charge in [0.2, 0.25) is 0 Å². The molecule has 4 heteroatoms. The number of carbonyl (C=O) groups excluding carboxylic acids is 1. The van der Waals surface area contributed by atoms with Gasteiger partial charge in [-0.25, -0.2) is 4.79 Å². The second-order valence-corrected chi connectivity index (χ2v) is 4.20. The average molecular weight is 225 g/mol. The number of thioether (sulfide) groups is 1. The molecule has 0 aliphatic heterocycles. The largest absolute Gasteiger partial charge is 0.412 e. The van der Waals surface area contributed by atoms with Crippen LogP contribution in [0.1, 0.15) is 12.5 Å². The Morgan fingerprint density at radius 3 is 3.00 bits per heavy atom. The fourth-order valence-electron chi connectivity index (χ4n) is 1.08. The van der Waals surface area contributed by atoms with Crippen LogP contribution in [0.4, 0.5) is 4.79 Å². The highest BCUT2D eigenvalue weighted by atomic mass is 32.2. The fraction of sp³-hybridized carbons (Fsp3) is 0.364. The van der Waals surface area contributed by atoms with E-state index in [1.54, 1.807) is 13.1 Å². The van der Waals surface area contributed by atoms with Crippen molar-refractivity contribution < 1.29 is 9.53 Å². The van der Waals surface area contributed by atoms with Crippen LogP contribution >= 0.6 is 11.8 Å². The number of rotatable bonds is 4. The standard InChI is InChI=1S/C11H15NO2S/c1-3-15-8-9-5-4-6-10(7-9)14-11(13)12-2/h4-7H,3,8H2,1-2H3,(H,12,13). The summed E-state index contributed by atoms with van der Waals surface area (Å²) in [7, 11) is 1.54. The van der Waals surface area contributed by atoms with Crippen molar-refractivity contribution in [2.45, 2.75) is 12.7 Å². The van der Waals surface area contributed by atoms with E-state index in [0.29, 0.717) is 5.75 Å². The van der Waals surface area contributed by atoms with Crippen molar-refractivity contribution in [3.8, 4) is 5.75 Å². The molecule has 1 amide bonds. The zero-order chi connectivity index (χ0) is 11.1. The smallest absolute Gasteiger partial charge is 0.410 e. The van der Waals surface area contributed by atoms with Crippen LogP contribution in [0.25, 0.3) is 0 Å². The molecule has 0 unspecified atom stereocenters. The molecule has 0 spiro atoms. The Balaban J connectivity index is 2.61. The third-order valence-corrected chi connectivity index (χ3v) is 2.73. The van der Waals surface area contributed by atoms with Crippen molar-refractivity contribution in [3.63, 3.8) is 0 Å². The highest BCUT2D eigenvalue weighted by molar-refractivity contribution is 7.98. The van der Waals surface area contributed by atoms with E-state index in [-0.39, 0.29) is 0 Å². The first-order chi connectivity index (χ1) is 7.26. The third-order valence-electron chi connectivity index (χ3n) is 1.79. The Hall–Kier alpha value is -1.16. The lowest BCUT2D eigenvalue weighted by Crippen LogP contribution is -2.22. The molecule has 0 saturated heterocycles. The molecule has 82 valence electrons. The van der Waals surface area contributed by atoms with Gasteiger partial charge in [0.15, 0.2) is 0 Å². The molecule has 0 bridgehead atoms. The summed E-state index contributed by atoms with van der Waals surface area (Å²) < 4.78 is 5.02. The van der Waals surface area contributed by atoms with Gasteiger partial charge in [-0.05, 0) is 23.4 Å². The first-order valence-electron chi connectivity index (χ1n) is 4.82. The van der Waals surface area contributed by atoms with Gasteiger partial charge in [-0.3, -0.25) is 0 Å². The molecule has 1 rings (SSSR count). The van der Waals surface area contributed by atoms with E-state index in [0.717, 1.165) is 11.5 Å². The lowest BCUT2D eigenvalue weighted by atomic mass is 10.2. The first-order valence-corrected chi connectivity index (χ1v) is 5.98. The lowest BCUT2D eigenvalue weighted by Gasteiger charge is -2.05. The summed E-state index contributed by atoms with van der Waals surface area (Å²) >= 11 is 1.84. The number of ether oxygens (including phenoxy) is 1. The summed E-state index contributed by atoms with van der Waals surface area (Å²) in [6.07, 6.45) is -0.435. The van der Waals surface area contributed by atoms with E-state index in [2.05, 4.69) is 12.2 Å². The van der Waals surface area contributed by atoms with Crippen molar-refractivity contribution in [1.29, 1.82) is 0 Å². The summed E-state index contributed by atoms with van der Waals surface area (Å²) in [6.45, 7) is 2.12. The van der Waals surface area contributed by atoms with E-state index >= 15 is 0 Å². The maximum Gasteiger partial charge on any atom is 0.412 e. The number of amides is 1. The number of benzene rings is 1. The fourth-order valence-corrected chi connectivity index (χ4v) is 1.70. The number of nitrogens with one attached hydrogen (secondary N) is 1. The van der Waals surface area contributed by atoms with Crippen LogP contribution in [0, 0.1) is 0 Å². The molecule has 0 saturated carbocycles. The van der Waals surface area contributed by atoms with Crippen LogP contribution < -0.4 is 10.1 Å². The van der Waals surface area contributed by atoms with Gasteiger partial charge in [0.25, 0.3) is 0 Å². The SMILES string of the molecule is CCSCc1cccc(OC(=O)NC)c1. The van der Waals surface area contributed by atoms with Crippen molar-refractivity contribution in [1.82, 2.24) is 5.32 Å². The second-order valence-electron chi connectivity index (χ2n) is 2.92. The highest BCUT2D eigenvalue weighted by Crippen LogP contribution is 2.17. The van der Waals surface area contributed by atoms with Crippen molar-refractivity contribution in [2.24, 2.45) is 0 Å². The minimum absolute atomic E-state index is 0.435. The Morgan fingerprint density at radius 1 is 1.53 bits per heavy atom. The monoisotopic (exact) mass is 225 g/mol. The molecule has 0 heterocycles. The molecule has 0 aliphatic carbocycles. The number of hydrogen-bond acceptors (Lipinski definition) is 3. The molecule has 0 atom stereocenters. The topological polar surface area (TPSA) is 38.3 Å². The van der Waals surface area contributed by atoms with E-state index < -0.39 is 6.09 Å². The van der Waals surface area contributed by atoms with Gasteiger partial charge >= 0.3 is 6.09 Å². The zero-order valence-electron chi connectivity index (χ0n) is 8.95. The van der Waals surface area contributed by atoms with Gasteiger partial charge in [-0.2, -0.15) is 11.8 Å². The molecule has 15 heavy (non-hydrogen) atoms. The van der Waals surface area contributed by atoms with Gasteiger partial charge in [0.1, 0.15) is 5.75 Å². The van der Waals surface area contributed by atoms with Crippen LogP contribution in [-0.4, -0.2) is 18.9 Å². The summed E-state index contributed by atoms with van der Waals surface area (Å²) in [6, 6.07) is 7.58. The van der Waals surface area contributed by atoms with Crippen LogP contribution in [-0.2, 0) is 5.75 Å². The Labute approximate surface area is 94.2 Å². The van der Waals surface area contributed by atoms with E-state index in [9.17, 15) is 4.79 Å². The molecular formula is C11H15NO2S. The Bertz CT molecular complexity index is 328. The maximum absolute atomic E-state index is 11.0. The molecule has 0 aromatic heterocycles. The third kappa shape index (κ3) is 4.25. The summed E-state index contributed by atoms with van der Waals surface area (Å²) in [4.78, 5) is 11.0. The predicted octanol–water partition coefficient (Wildman–Crippen LogP) is 2.66. The van der Waals surface area contributed by atoms with E-state index in [1.807, 2.05) is 30.0 Å². The van der Waals surface area contributed by atoms with Gasteiger partial charge in [-0.15, -0.1) is 0 Å². The van der Waals surface area contributed by atoms with Crippen LogP contribution in [0.3, 0.4) is 0 Å². The highest BCUT2D eigenvalue weighted by Gasteiger charge is 2.01. The minimum atomic E-state index is -0.435. The number of carbonyl (C=O) groups is 1. The number of hydrogen-bond donors (Lipinski definition) is 1. The van der Waals surface area contributed by atoms with Crippen LogP contribution in [0.5, 0.6) is 5.75 Å². The minimum Gasteiger partial charge on any atom is -0.410 e. The second kappa shape index (κ2) is 6.35. The van der Waals surface area contributed by atoms with Gasteiger partial charge < -0.3 is 10.1 Å². The van der Waals surface area contributed by atoms with Crippen molar-refractivity contribution >= 4 is 17.9 Å². The van der Waals surface area contributed by atoms with Gasteiger partial charge in [-0.1, -0.05) is 19.1 Å². The molecule has 0 fully saturated rings. The molecule has 1 aromatic carbocycles. The quantitative estimate of drug-likeness (QED) is 0.856. The normalized spacial score (nSPS) is 9.73. The molecule has 0 aliphatic rings. The summed E-state index contributed by atoms with van der Waals surface area (Å²) in [5.74, 6) is 2.62. The molecule has 0 radical (unpaired) electrons. The van der Waals surface area contributed by atoms with Crippen LogP contribution in [0.2, 0.25) is 0 Å². The molecule has 3 nitrogen and oxygen atoms in total. The van der Waals surface area contributed by atoms with E-state index in [1.165, 1.54) is 5.56 Å². The van der Waals surface area contributed by atoms with Gasteiger partial charge in [0, 0.05) is 12.8 Å². The summed E-state index contributed by atoms with van der Waals surface area (Å²) in [5.41, 5.74) is 1.17.